The molecule has 4 rings (SSSR count). The Labute approximate surface area is 191 Å². The highest BCUT2D eigenvalue weighted by Crippen LogP contribution is 2.31. The van der Waals surface area contributed by atoms with Gasteiger partial charge in [-0.25, -0.2) is 4.98 Å². The largest absolute Gasteiger partial charge is 0.503 e. The monoisotopic (exact) mass is 464 g/mol. The van der Waals surface area contributed by atoms with Crippen molar-refractivity contribution in [3.63, 3.8) is 0 Å². The summed E-state index contributed by atoms with van der Waals surface area (Å²) in [5, 5.41) is 17.8. The Morgan fingerprint density at radius 2 is 2.06 bits per heavy atom. The van der Waals surface area contributed by atoms with E-state index in [9.17, 15) is 9.90 Å². The van der Waals surface area contributed by atoms with Gasteiger partial charge in [-0.3, -0.25) is 4.79 Å². The number of nitrogens with one attached hydrogen (secondary N) is 2. The predicted molar refractivity (Wildman–Crippen MR) is 122 cm³/mol. The normalized spacial score (nSPS) is 20.0. The van der Waals surface area contributed by atoms with Crippen LogP contribution in [0.25, 0.3) is 0 Å². The number of benzene rings is 1. The first-order chi connectivity index (χ1) is 14.9. The van der Waals surface area contributed by atoms with Gasteiger partial charge < -0.3 is 25.5 Å². The molecule has 1 amide bonds. The molecule has 1 unspecified atom stereocenters. The van der Waals surface area contributed by atoms with Crippen LogP contribution in [0.5, 0.6) is 5.75 Å². The van der Waals surface area contributed by atoms with E-state index in [1.54, 1.807) is 12.1 Å². The Morgan fingerprint density at radius 3 is 2.74 bits per heavy atom. The minimum atomic E-state index is -0.202. The molecule has 2 aliphatic heterocycles. The maximum absolute atomic E-state index is 12.6. The van der Waals surface area contributed by atoms with E-state index in [1.807, 2.05) is 22.8 Å². The molecule has 166 valence electrons. The lowest BCUT2D eigenvalue weighted by Crippen LogP contribution is -2.53. The molecular weight excluding hydrogens is 439 g/mol. The lowest BCUT2D eigenvalue weighted by molar-refractivity contribution is -0.133. The Bertz CT molecular complexity index is 945. The van der Waals surface area contributed by atoms with E-state index in [-0.39, 0.29) is 23.7 Å². The zero-order valence-electron chi connectivity index (χ0n) is 17.3. The van der Waals surface area contributed by atoms with Gasteiger partial charge in [0, 0.05) is 36.2 Å². The van der Waals surface area contributed by atoms with E-state index in [4.69, 9.17) is 23.2 Å². The lowest BCUT2D eigenvalue weighted by Gasteiger charge is -2.36. The highest BCUT2D eigenvalue weighted by Gasteiger charge is 2.30. The van der Waals surface area contributed by atoms with Gasteiger partial charge in [0.05, 0.1) is 18.3 Å². The Morgan fingerprint density at radius 1 is 1.29 bits per heavy atom. The molecule has 0 radical (unpaired) electrons. The molecule has 3 N–H and O–H groups in total. The molecule has 3 heterocycles. The number of amides is 1. The third-order valence-corrected chi connectivity index (χ3v) is 6.33. The molecule has 1 aromatic carbocycles. The summed E-state index contributed by atoms with van der Waals surface area (Å²) in [4.78, 5) is 25.3. The number of hydrogen-bond acceptors (Lipinski definition) is 7. The van der Waals surface area contributed by atoms with Crippen molar-refractivity contribution in [2.45, 2.75) is 31.8 Å². The van der Waals surface area contributed by atoms with Gasteiger partial charge in [0.1, 0.15) is 0 Å². The summed E-state index contributed by atoms with van der Waals surface area (Å²) in [5.74, 6) is 0.986. The quantitative estimate of drug-likeness (QED) is 0.625. The van der Waals surface area contributed by atoms with Gasteiger partial charge in [-0.2, -0.15) is 4.98 Å². The van der Waals surface area contributed by atoms with Crippen molar-refractivity contribution in [3.8, 4) is 5.75 Å². The summed E-state index contributed by atoms with van der Waals surface area (Å²) in [6.07, 6.45) is 3.35. The molecule has 2 fully saturated rings. The van der Waals surface area contributed by atoms with E-state index >= 15 is 0 Å². The van der Waals surface area contributed by atoms with Crippen LogP contribution in [0, 0.1) is 0 Å². The zero-order chi connectivity index (χ0) is 22.0. The summed E-state index contributed by atoms with van der Waals surface area (Å²) in [6.45, 7) is 5.37. The van der Waals surface area contributed by atoms with Crippen molar-refractivity contribution in [1.82, 2.24) is 20.2 Å². The minimum absolute atomic E-state index is 0.0400. The molecule has 2 saturated heterocycles. The summed E-state index contributed by atoms with van der Waals surface area (Å²) in [5.41, 5.74) is 0.846. The third kappa shape index (κ3) is 4.97. The van der Waals surface area contributed by atoms with E-state index in [1.165, 1.54) is 6.20 Å². The molecule has 31 heavy (non-hydrogen) atoms. The molecule has 8 nitrogen and oxygen atoms in total. The fraction of sp³-hybridized carbons (Fsp3) is 0.476. The maximum atomic E-state index is 12.6. The summed E-state index contributed by atoms with van der Waals surface area (Å²) < 4.78 is 0. The zero-order valence-corrected chi connectivity index (χ0v) is 18.8. The van der Waals surface area contributed by atoms with Gasteiger partial charge in [0.2, 0.25) is 11.9 Å². The Balaban J connectivity index is 1.41. The van der Waals surface area contributed by atoms with E-state index in [0.29, 0.717) is 48.0 Å². The van der Waals surface area contributed by atoms with Crippen LogP contribution in [0.2, 0.25) is 10.0 Å². The van der Waals surface area contributed by atoms with Crippen LogP contribution in [-0.4, -0.2) is 64.6 Å². The summed E-state index contributed by atoms with van der Waals surface area (Å²) in [6, 6.07) is 5.05. The number of halogens is 2. The smallest absolute Gasteiger partial charge is 0.239 e. The van der Waals surface area contributed by atoms with Crippen LogP contribution in [0.1, 0.15) is 31.4 Å². The number of piperazine rings is 1. The van der Waals surface area contributed by atoms with Crippen LogP contribution in [0.15, 0.2) is 24.4 Å². The third-order valence-electron chi connectivity index (χ3n) is 5.77. The van der Waals surface area contributed by atoms with Gasteiger partial charge in [0.15, 0.2) is 11.6 Å². The summed E-state index contributed by atoms with van der Waals surface area (Å²) >= 11 is 12.3. The van der Waals surface area contributed by atoms with Crippen molar-refractivity contribution in [1.29, 1.82) is 0 Å². The number of nitrogens with zero attached hydrogens (tertiary/aromatic N) is 4. The van der Waals surface area contributed by atoms with Gasteiger partial charge in [-0.05, 0) is 44.0 Å². The van der Waals surface area contributed by atoms with Crippen molar-refractivity contribution in [2.24, 2.45) is 0 Å². The van der Waals surface area contributed by atoms with Gasteiger partial charge in [0.25, 0.3) is 0 Å². The molecule has 2 atom stereocenters. The number of aromatic hydroxyl groups is 1. The topological polar surface area (TPSA) is 93.6 Å². The first kappa shape index (κ1) is 21.9. The number of carbonyl (C=O) groups is 1. The molecule has 1 aromatic heterocycles. The number of hydrogen-bond donors (Lipinski definition) is 3. The fourth-order valence-corrected chi connectivity index (χ4v) is 4.57. The molecule has 2 aromatic rings. The molecule has 10 heteroatoms. The second-order valence-electron chi connectivity index (χ2n) is 7.90. The van der Waals surface area contributed by atoms with Crippen molar-refractivity contribution >= 4 is 40.9 Å². The van der Waals surface area contributed by atoms with Crippen LogP contribution in [0.3, 0.4) is 0 Å². The average Bonchev–Trinajstić information content (AvgIpc) is 3.30. The minimum Gasteiger partial charge on any atom is -0.503 e. The number of carbonyl (C=O) groups excluding carboxylic acids is 1. The molecule has 0 saturated carbocycles. The second kappa shape index (κ2) is 9.46. The number of rotatable bonds is 5. The second-order valence-corrected chi connectivity index (χ2v) is 8.74. The van der Waals surface area contributed by atoms with Crippen LogP contribution in [-0.2, 0) is 4.79 Å². The van der Waals surface area contributed by atoms with Crippen molar-refractivity contribution < 1.29 is 9.90 Å². The summed E-state index contributed by atoms with van der Waals surface area (Å²) in [7, 11) is 0. The Hall–Kier alpha value is -2.29. The molecule has 0 bridgehead atoms. The average molecular weight is 465 g/mol. The van der Waals surface area contributed by atoms with E-state index in [2.05, 4.69) is 20.6 Å². The van der Waals surface area contributed by atoms with Gasteiger partial charge in [-0.1, -0.05) is 29.3 Å². The number of aromatic nitrogens is 2. The first-order valence-electron chi connectivity index (χ1n) is 10.5. The molecule has 2 aliphatic rings. The van der Waals surface area contributed by atoms with E-state index < -0.39 is 0 Å². The molecule has 0 spiro atoms. The fourth-order valence-electron chi connectivity index (χ4n) is 4.00. The molecular formula is C21H26Cl2N6O2. The predicted octanol–water partition coefficient (Wildman–Crippen LogP) is 3.06. The van der Waals surface area contributed by atoms with Crippen molar-refractivity contribution in [3.05, 3.63) is 40.0 Å². The van der Waals surface area contributed by atoms with Crippen LogP contribution in [0.4, 0.5) is 11.8 Å². The standard InChI is InChI=1S/C21H26Cl2N6O2/c1-13(15-5-4-14(22)11-16(15)23)26-19-18(30)12-25-21(27-19)29-9-7-28(8-10-29)20(31)17-3-2-6-24-17/h4-5,11-13,17,24,30H,2-3,6-10H2,1H3,(H,25,26,27)/t13?,17-/m1/s1. The SMILES string of the molecule is CC(Nc1nc(N2CCN(C(=O)[C@H]3CCCN3)CC2)ncc1O)c1ccc(Cl)cc1Cl. The van der Waals surface area contributed by atoms with E-state index in [0.717, 1.165) is 24.9 Å². The Kier molecular flexibility index (Phi) is 6.69. The first-order valence-corrected chi connectivity index (χ1v) is 11.2. The number of anilines is 2. The van der Waals surface area contributed by atoms with Crippen LogP contribution >= 0.6 is 23.2 Å². The van der Waals surface area contributed by atoms with Crippen LogP contribution < -0.4 is 15.5 Å². The molecule has 0 aliphatic carbocycles. The lowest BCUT2D eigenvalue weighted by atomic mass is 10.1. The van der Waals surface area contributed by atoms with Gasteiger partial charge >= 0.3 is 0 Å². The highest BCUT2D eigenvalue weighted by atomic mass is 35.5. The maximum Gasteiger partial charge on any atom is 0.239 e. The van der Waals surface area contributed by atoms with Crippen molar-refractivity contribution in [2.75, 3.05) is 42.9 Å². The highest BCUT2D eigenvalue weighted by molar-refractivity contribution is 6.35. The van der Waals surface area contributed by atoms with Gasteiger partial charge in [-0.15, -0.1) is 0 Å².